The molecule has 0 heterocycles. The highest BCUT2D eigenvalue weighted by molar-refractivity contribution is 6.53. The Morgan fingerprint density at radius 2 is 1.00 bits per heavy atom. The lowest BCUT2D eigenvalue weighted by Gasteiger charge is -2.17. The van der Waals surface area contributed by atoms with Gasteiger partial charge in [0.25, 0.3) is 0 Å². The van der Waals surface area contributed by atoms with Gasteiger partial charge in [0.1, 0.15) is 11.5 Å². The predicted octanol–water partition coefficient (Wildman–Crippen LogP) is 2.14. The number of carbonyl (C=O) groups excluding carboxylic acids is 2. The molecule has 0 saturated carbocycles. The smallest absolute Gasteiger partial charge is 0.234 e. The Hall–Kier alpha value is -2.62. The van der Waals surface area contributed by atoms with Gasteiger partial charge >= 0.3 is 0 Å². The molecule has 0 saturated heterocycles. The van der Waals surface area contributed by atoms with E-state index in [1.54, 1.807) is 0 Å². The van der Waals surface area contributed by atoms with Gasteiger partial charge in [-0.1, -0.05) is 0 Å². The molecule has 0 fully saturated rings. The van der Waals surface area contributed by atoms with E-state index < -0.39 is 11.6 Å². The summed E-state index contributed by atoms with van der Waals surface area (Å²) in [6, 6.07) is 8.38. The second kappa shape index (κ2) is 3.43. The predicted molar refractivity (Wildman–Crippen MR) is 63.9 cm³/mol. The van der Waals surface area contributed by atoms with Gasteiger partial charge < -0.3 is 10.2 Å². The summed E-state index contributed by atoms with van der Waals surface area (Å²) in [5.74, 6) is -1.18. The maximum absolute atomic E-state index is 11.9. The van der Waals surface area contributed by atoms with E-state index in [4.69, 9.17) is 0 Å². The van der Waals surface area contributed by atoms with Crippen LogP contribution in [-0.4, -0.2) is 21.8 Å². The van der Waals surface area contributed by atoms with Crippen molar-refractivity contribution in [2.75, 3.05) is 0 Å². The summed E-state index contributed by atoms with van der Waals surface area (Å²) in [5, 5.41) is 19.0. The zero-order valence-electron chi connectivity index (χ0n) is 9.18. The number of fused-ring (bicyclic) bond motifs is 3. The number of ketones is 2. The lowest BCUT2D eigenvalue weighted by Crippen LogP contribution is -2.20. The van der Waals surface area contributed by atoms with Gasteiger partial charge in [-0.15, -0.1) is 0 Å². The van der Waals surface area contributed by atoms with Crippen molar-refractivity contribution in [3.05, 3.63) is 47.5 Å². The molecule has 0 aliphatic heterocycles. The van der Waals surface area contributed by atoms with Crippen molar-refractivity contribution in [1.29, 1.82) is 0 Å². The van der Waals surface area contributed by atoms with E-state index >= 15 is 0 Å². The van der Waals surface area contributed by atoms with Crippen molar-refractivity contribution < 1.29 is 19.8 Å². The first-order valence-electron chi connectivity index (χ1n) is 5.33. The number of rotatable bonds is 0. The number of carbonyl (C=O) groups is 2. The molecule has 2 aromatic carbocycles. The summed E-state index contributed by atoms with van der Waals surface area (Å²) in [4.78, 5) is 23.8. The molecule has 3 rings (SSSR count). The Bertz CT molecular complexity index is 639. The molecule has 2 N–H and O–H groups in total. The second-order valence-electron chi connectivity index (χ2n) is 4.12. The molecule has 0 unspecified atom stereocenters. The number of Topliss-reactive ketones (excluding diaryl/α,β-unsaturated/α-hetero) is 2. The molecule has 1 aliphatic rings. The van der Waals surface area contributed by atoms with Gasteiger partial charge in [0, 0.05) is 11.1 Å². The highest BCUT2D eigenvalue weighted by Crippen LogP contribution is 2.37. The zero-order chi connectivity index (χ0) is 12.9. The summed E-state index contributed by atoms with van der Waals surface area (Å²) < 4.78 is 0. The highest BCUT2D eigenvalue weighted by Gasteiger charge is 2.30. The second-order valence-corrected chi connectivity index (χ2v) is 4.12. The number of hydrogen-bond donors (Lipinski definition) is 2. The molecule has 2 aromatic rings. The first-order chi connectivity index (χ1) is 8.58. The average Bonchev–Trinajstić information content (AvgIpc) is 2.36. The number of hydrogen-bond acceptors (Lipinski definition) is 4. The van der Waals surface area contributed by atoms with Crippen molar-refractivity contribution in [1.82, 2.24) is 0 Å². The van der Waals surface area contributed by atoms with Crippen molar-refractivity contribution in [3.8, 4) is 22.6 Å². The van der Waals surface area contributed by atoms with Crippen LogP contribution >= 0.6 is 0 Å². The van der Waals surface area contributed by atoms with Crippen molar-refractivity contribution in [3.63, 3.8) is 0 Å². The Balaban J connectivity index is 2.40. The Morgan fingerprint density at radius 1 is 0.611 bits per heavy atom. The van der Waals surface area contributed by atoms with E-state index in [9.17, 15) is 19.8 Å². The Morgan fingerprint density at radius 3 is 1.39 bits per heavy atom. The van der Waals surface area contributed by atoms with E-state index in [2.05, 4.69) is 0 Å². The van der Waals surface area contributed by atoms with Gasteiger partial charge in [-0.25, -0.2) is 0 Å². The van der Waals surface area contributed by atoms with Gasteiger partial charge in [-0.05, 0) is 47.5 Å². The summed E-state index contributed by atoms with van der Waals surface area (Å²) >= 11 is 0. The molecule has 0 atom stereocenters. The SMILES string of the molecule is O=C1C(=O)c2ccc(O)cc2-c2cc(O)ccc21. The van der Waals surface area contributed by atoms with E-state index in [0.717, 1.165) is 0 Å². The average molecular weight is 240 g/mol. The van der Waals surface area contributed by atoms with E-state index in [-0.39, 0.29) is 22.6 Å². The molecule has 0 bridgehead atoms. The third-order valence-corrected chi connectivity index (χ3v) is 2.99. The maximum atomic E-state index is 11.9. The minimum atomic E-state index is -0.594. The maximum Gasteiger partial charge on any atom is 0.234 e. The third-order valence-electron chi connectivity index (χ3n) is 2.99. The number of phenols is 2. The molecule has 0 spiro atoms. The third kappa shape index (κ3) is 1.32. The van der Waals surface area contributed by atoms with Crippen LogP contribution in [0.4, 0.5) is 0 Å². The lowest BCUT2D eigenvalue weighted by molar-refractivity contribution is 0.0815. The molecular formula is C14H8O4. The van der Waals surface area contributed by atoms with Gasteiger partial charge in [0.2, 0.25) is 11.6 Å². The normalized spacial score (nSPS) is 13.1. The fourth-order valence-electron chi connectivity index (χ4n) is 2.15. The van der Waals surface area contributed by atoms with Crippen molar-refractivity contribution in [2.24, 2.45) is 0 Å². The van der Waals surface area contributed by atoms with Gasteiger partial charge in [0.15, 0.2) is 0 Å². The monoisotopic (exact) mass is 240 g/mol. The van der Waals surface area contributed by atoms with Crippen LogP contribution in [0.1, 0.15) is 20.7 Å². The molecule has 0 aromatic heterocycles. The van der Waals surface area contributed by atoms with Gasteiger partial charge in [0.05, 0.1) is 0 Å². The van der Waals surface area contributed by atoms with E-state index in [1.807, 2.05) is 0 Å². The summed E-state index contributed by atoms with van der Waals surface area (Å²) in [6.45, 7) is 0. The fourth-order valence-corrected chi connectivity index (χ4v) is 2.15. The van der Waals surface area contributed by atoms with Gasteiger partial charge in [-0.2, -0.15) is 0 Å². The summed E-state index contributed by atoms with van der Waals surface area (Å²) in [7, 11) is 0. The number of aromatic hydroxyl groups is 2. The van der Waals surface area contributed by atoms with Crippen LogP contribution in [0.15, 0.2) is 36.4 Å². The lowest BCUT2D eigenvalue weighted by atomic mass is 9.84. The number of benzene rings is 2. The Labute approximate surface area is 102 Å². The minimum absolute atomic E-state index is 0.00481. The van der Waals surface area contributed by atoms with Crippen molar-refractivity contribution >= 4 is 11.6 Å². The van der Waals surface area contributed by atoms with Crippen LogP contribution in [0, 0.1) is 0 Å². The van der Waals surface area contributed by atoms with Crippen molar-refractivity contribution in [2.45, 2.75) is 0 Å². The largest absolute Gasteiger partial charge is 0.508 e. The van der Waals surface area contributed by atoms with E-state index in [1.165, 1.54) is 36.4 Å². The molecule has 4 nitrogen and oxygen atoms in total. The topological polar surface area (TPSA) is 74.6 Å². The van der Waals surface area contributed by atoms with Crippen LogP contribution < -0.4 is 0 Å². The zero-order valence-corrected chi connectivity index (χ0v) is 9.18. The summed E-state index contributed by atoms with van der Waals surface area (Å²) in [5.41, 5.74) is 1.42. The first-order valence-corrected chi connectivity index (χ1v) is 5.33. The first kappa shape index (κ1) is 10.5. The van der Waals surface area contributed by atoms with Gasteiger partial charge in [-0.3, -0.25) is 9.59 Å². The van der Waals surface area contributed by atoms with Crippen LogP contribution in [0.5, 0.6) is 11.5 Å². The molecule has 4 heteroatoms. The Kier molecular flexibility index (Phi) is 2.01. The molecular weight excluding hydrogens is 232 g/mol. The quantitative estimate of drug-likeness (QED) is 0.692. The van der Waals surface area contributed by atoms with Crippen LogP contribution in [-0.2, 0) is 0 Å². The summed E-state index contributed by atoms with van der Waals surface area (Å²) in [6.07, 6.45) is 0. The molecule has 88 valence electrons. The minimum Gasteiger partial charge on any atom is -0.508 e. The molecule has 1 aliphatic carbocycles. The standard InChI is InChI=1S/C14H8O4/c15-7-1-3-9-11(5-7)12-6-8(16)2-4-10(12)14(18)13(9)17/h1-6,15-16H. The van der Waals surface area contributed by atoms with Crippen LogP contribution in [0.3, 0.4) is 0 Å². The van der Waals surface area contributed by atoms with E-state index in [0.29, 0.717) is 11.1 Å². The molecule has 0 amide bonds. The number of phenolic OH excluding ortho intramolecular Hbond substituents is 2. The molecule has 0 radical (unpaired) electrons. The van der Waals surface area contributed by atoms with Crippen LogP contribution in [0.25, 0.3) is 11.1 Å². The fraction of sp³-hybridized carbons (Fsp3) is 0. The molecule has 18 heavy (non-hydrogen) atoms. The highest BCUT2D eigenvalue weighted by atomic mass is 16.3. The van der Waals surface area contributed by atoms with Crippen LogP contribution in [0.2, 0.25) is 0 Å².